The maximum Gasteiger partial charge on any atom is 0.353 e. The van der Waals surface area contributed by atoms with E-state index in [1.54, 1.807) is 7.11 Å². The first-order valence-corrected chi connectivity index (χ1v) is 8.52. The van der Waals surface area contributed by atoms with Gasteiger partial charge in [0.1, 0.15) is 29.5 Å². The van der Waals surface area contributed by atoms with Crippen LogP contribution in [0, 0.1) is 0 Å². The second-order valence-electron chi connectivity index (χ2n) is 5.47. The number of carboxylic acids is 1. The average Bonchev–Trinajstić information content (AvgIpc) is 2.64. The predicted molar refractivity (Wildman–Crippen MR) is 92.0 cm³/mol. The summed E-state index contributed by atoms with van der Waals surface area (Å²) in [6, 6.07) is 6.66. The summed E-state index contributed by atoms with van der Waals surface area (Å²) in [5, 5.41) is 12.9. The van der Waals surface area contributed by atoms with Gasteiger partial charge in [-0.05, 0) is 17.7 Å². The molecule has 132 valence electrons. The SMILES string of the molecule is COc1ccc(CON=CC2=C(C(=O)O)N3C(=O)[C@@H](N)[C@H]3SC2)cc1. The Morgan fingerprint density at radius 3 is 2.84 bits per heavy atom. The zero-order valence-corrected chi connectivity index (χ0v) is 14.2. The quantitative estimate of drug-likeness (QED) is 0.436. The van der Waals surface area contributed by atoms with E-state index in [0.717, 1.165) is 11.3 Å². The zero-order chi connectivity index (χ0) is 18.0. The number of hydrogen-bond acceptors (Lipinski definition) is 7. The molecule has 0 saturated carbocycles. The molecule has 1 saturated heterocycles. The van der Waals surface area contributed by atoms with E-state index in [9.17, 15) is 14.7 Å². The average molecular weight is 363 g/mol. The van der Waals surface area contributed by atoms with Gasteiger partial charge in [0.15, 0.2) is 0 Å². The molecule has 0 spiro atoms. The lowest BCUT2D eigenvalue weighted by Crippen LogP contribution is -2.68. The molecule has 8 nitrogen and oxygen atoms in total. The van der Waals surface area contributed by atoms with Crippen LogP contribution < -0.4 is 10.5 Å². The third-order valence-corrected chi connectivity index (χ3v) is 5.24. The number of β-lactam (4-membered cyclic amide) rings is 1. The van der Waals surface area contributed by atoms with Gasteiger partial charge in [-0.2, -0.15) is 0 Å². The lowest BCUT2D eigenvalue weighted by Gasteiger charge is -2.47. The van der Waals surface area contributed by atoms with Crippen LogP contribution in [0.1, 0.15) is 5.56 Å². The van der Waals surface area contributed by atoms with E-state index in [1.165, 1.54) is 22.9 Å². The Labute approximate surface area is 148 Å². The molecule has 1 fully saturated rings. The van der Waals surface area contributed by atoms with Gasteiger partial charge in [0.2, 0.25) is 5.91 Å². The van der Waals surface area contributed by atoms with Gasteiger partial charge in [0.25, 0.3) is 0 Å². The molecule has 0 aromatic heterocycles. The molecule has 2 aliphatic heterocycles. The molecule has 2 heterocycles. The van der Waals surface area contributed by atoms with Gasteiger partial charge >= 0.3 is 5.97 Å². The molecule has 3 N–H and O–H groups in total. The number of ether oxygens (including phenoxy) is 1. The number of amides is 1. The largest absolute Gasteiger partial charge is 0.497 e. The molecular formula is C16H17N3O5S. The molecule has 0 unspecified atom stereocenters. The summed E-state index contributed by atoms with van der Waals surface area (Å²) >= 11 is 1.41. The number of aliphatic carboxylic acids is 1. The number of oxime groups is 1. The van der Waals surface area contributed by atoms with E-state index in [1.807, 2.05) is 24.3 Å². The van der Waals surface area contributed by atoms with Crippen molar-refractivity contribution in [2.75, 3.05) is 12.9 Å². The Bertz CT molecular complexity index is 747. The molecule has 9 heteroatoms. The minimum absolute atomic E-state index is 0.0766. The lowest BCUT2D eigenvalue weighted by molar-refractivity contribution is -0.147. The first kappa shape index (κ1) is 17.3. The number of hydrogen-bond donors (Lipinski definition) is 2. The van der Waals surface area contributed by atoms with Gasteiger partial charge in [0.05, 0.1) is 13.3 Å². The number of carbonyl (C=O) groups is 2. The van der Waals surface area contributed by atoms with Crippen LogP contribution in [0.2, 0.25) is 0 Å². The summed E-state index contributed by atoms with van der Waals surface area (Å²) in [5.74, 6) is -0.421. The van der Waals surface area contributed by atoms with E-state index in [4.69, 9.17) is 15.3 Å². The number of nitrogens with zero attached hydrogens (tertiary/aromatic N) is 2. The summed E-state index contributed by atoms with van der Waals surface area (Å²) in [7, 11) is 1.59. The van der Waals surface area contributed by atoms with Gasteiger partial charge in [-0.15, -0.1) is 11.8 Å². The fraction of sp³-hybridized carbons (Fsp3) is 0.312. The number of thioether (sulfide) groups is 1. The normalized spacial score (nSPS) is 22.6. The standard InChI is InChI=1S/C16H17N3O5S/c1-23-11-4-2-9(3-5-11)7-24-18-6-10-8-25-15-12(17)14(20)19(15)13(10)16(21)22/h2-6,12,15H,7-8,17H2,1H3,(H,21,22)/t12-,15-/m1/s1. The van der Waals surface area contributed by atoms with Crippen molar-refractivity contribution in [3.05, 3.63) is 41.1 Å². The number of benzene rings is 1. The van der Waals surface area contributed by atoms with Crippen molar-refractivity contribution in [2.45, 2.75) is 18.0 Å². The fourth-order valence-corrected chi connectivity index (χ4v) is 3.82. The van der Waals surface area contributed by atoms with Crippen molar-refractivity contribution in [3.8, 4) is 5.75 Å². The van der Waals surface area contributed by atoms with Crippen LogP contribution in [0.3, 0.4) is 0 Å². The number of fused-ring (bicyclic) bond motifs is 1. The number of carboxylic acid groups (broad SMARTS) is 1. The maximum atomic E-state index is 11.8. The highest BCUT2D eigenvalue weighted by atomic mass is 32.2. The molecular weight excluding hydrogens is 346 g/mol. The van der Waals surface area contributed by atoms with E-state index in [2.05, 4.69) is 5.16 Å². The maximum absolute atomic E-state index is 11.8. The van der Waals surface area contributed by atoms with Crippen LogP contribution >= 0.6 is 11.8 Å². The number of methoxy groups -OCH3 is 1. The zero-order valence-electron chi connectivity index (χ0n) is 13.4. The molecule has 1 aromatic rings. The van der Waals surface area contributed by atoms with Crippen molar-refractivity contribution in [3.63, 3.8) is 0 Å². The van der Waals surface area contributed by atoms with Crippen molar-refractivity contribution in [1.82, 2.24) is 4.90 Å². The predicted octanol–water partition coefficient (Wildman–Crippen LogP) is 0.779. The van der Waals surface area contributed by atoms with Gasteiger partial charge in [-0.1, -0.05) is 17.3 Å². The molecule has 1 aromatic carbocycles. The van der Waals surface area contributed by atoms with Crippen molar-refractivity contribution in [1.29, 1.82) is 0 Å². The third kappa shape index (κ3) is 3.33. The lowest BCUT2D eigenvalue weighted by atomic mass is 10.0. The Morgan fingerprint density at radius 1 is 1.48 bits per heavy atom. The van der Waals surface area contributed by atoms with Crippen molar-refractivity contribution >= 4 is 29.9 Å². The first-order valence-electron chi connectivity index (χ1n) is 7.48. The van der Waals surface area contributed by atoms with Crippen LogP contribution in [0.15, 0.2) is 40.7 Å². The highest BCUT2D eigenvalue weighted by Gasteiger charge is 2.51. The molecule has 0 radical (unpaired) electrons. The van der Waals surface area contributed by atoms with Crippen molar-refractivity contribution in [2.24, 2.45) is 10.9 Å². The number of carbonyl (C=O) groups excluding carboxylic acids is 1. The van der Waals surface area contributed by atoms with Gasteiger partial charge < -0.3 is 20.4 Å². The molecule has 25 heavy (non-hydrogen) atoms. The minimum Gasteiger partial charge on any atom is -0.497 e. The van der Waals surface area contributed by atoms with Gasteiger partial charge in [-0.25, -0.2) is 4.79 Å². The van der Waals surface area contributed by atoms with Crippen LogP contribution in [-0.2, 0) is 21.0 Å². The van der Waals surface area contributed by atoms with Gasteiger partial charge in [0, 0.05) is 11.3 Å². The van der Waals surface area contributed by atoms with E-state index >= 15 is 0 Å². The first-order chi connectivity index (χ1) is 12.0. The van der Waals surface area contributed by atoms with Crippen LogP contribution in [-0.4, -0.2) is 52.4 Å². The minimum atomic E-state index is -1.18. The summed E-state index contributed by atoms with van der Waals surface area (Å²) in [6.45, 7) is 0.236. The van der Waals surface area contributed by atoms with Crippen LogP contribution in [0.5, 0.6) is 5.75 Å². The van der Waals surface area contributed by atoms with Crippen molar-refractivity contribution < 1.29 is 24.3 Å². The second kappa shape index (κ2) is 7.16. The summed E-state index contributed by atoms with van der Waals surface area (Å²) in [5.41, 5.74) is 6.94. The summed E-state index contributed by atoms with van der Waals surface area (Å²) in [4.78, 5) is 29.8. The Morgan fingerprint density at radius 2 is 2.20 bits per heavy atom. The van der Waals surface area contributed by atoms with Crippen LogP contribution in [0.25, 0.3) is 0 Å². The highest BCUT2D eigenvalue weighted by molar-refractivity contribution is 8.00. The van der Waals surface area contributed by atoms with E-state index in [0.29, 0.717) is 11.3 Å². The van der Waals surface area contributed by atoms with E-state index in [-0.39, 0.29) is 23.6 Å². The fourth-order valence-electron chi connectivity index (χ4n) is 2.57. The Hall–Kier alpha value is -2.52. The van der Waals surface area contributed by atoms with Crippen LogP contribution in [0.4, 0.5) is 0 Å². The van der Waals surface area contributed by atoms with E-state index < -0.39 is 12.0 Å². The molecule has 3 rings (SSSR count). The second-order valence-corrected chi connectivity index (χ2v) is 6.58. The summed E-state index contributed by atoms with van der Waals surface area (Å²) in [6.07, 6.45) is 1.34. The Kier molecular flexibility index (Phi) is 4.95. The molecule has 2 atom stereocenters. The Balaban J connectivity index is 1.66. The third-order valence-electron chi connectivity index (χ3n) is 3.91. The molecule has 1 amide bonds. The monoisotopic (exact) mass is 363 g/mol. The number of nitrogens with two attached hydrogens (primary N) is 1. The highest BCUT2D eigenvalue weighted by Crippen LogP contribution is 2.38. The molecule has 0 aliphatic carbocycles. The van der Waals surface area contributed by atoms with Gasteiger partial charge in [-0.3, -0.25) is 9.69 Å². The molecule has 0 bridgehead atoms. The molecule has 2 aliphatic rings. The smallest absolute Gasteiger partial charge is 0.353 e. The topological polar surface area (TPSA) is 114 Å². The summed E-state index contributed by atoms with van der Waals surface area (Å²) < 4.78 is 5.07. The number of rotatable bonds is 6.